The SMILES string of the molecule is O=C1CC(=Cc2cnn3c(NC4CC4)cc(NCc4ccc(Cl)cc4)nc23)C(=O)N1. The van der Waals surface area contributed by atoms with Crippen LogP contribution in [-0.2, 0) is 16.1 Å². The van der Waals surface area contributed by atoms with Crippen molar-refractivity contribution >= 4 is 46.8 Å². The molecule has 5 rings (SSSR count). The summed E-state index contributed by atoms with van der Waals surface area (Å²) in [5, 5.41) is 14.3. The molecule has 1 aliphatic carbocycles. The molecule has 0 atom stereocenters. The highest BCUT2D eigenvalue weighted by Crippen LogP contribution is 2.28. The fourth-order valence-electron chi connectivity index (χ4n) is 3.32. The highest BCUT2D eigenvalue weighted by Gasteiger charge is 2.25. The van der Waals surface area contributed by atoms with Gasteiger partial charge in [-0.15, -0.1) is 0 Å². The van der Waals surface area contributed by atoms with Crippen LogP contribution >= 0.6 is 11.6 Å². The lowest BCUT2D eigenvalue weighted by Crippen LogP contribution is -2.19. The number of nitrogens with one attached hydrogen (secondary N) is 3. The number of amides is 2. The summed E-state index contributed by atoms with van der Waals surface area (Å²) in [6, 6.07) is 9.98. The smallest absolute Gasteiger partial charge is 0.254 e. The van der Waals surface area contributed by atoms with Crippen molar-refractivity contribution in [3.8, 4) is 0 Å². The number of nitrogens with zero attached hydrogens (tertiary/aromatic N) is 3. The van der Waals surface area contributed by atoms with Crippen molar-refractivity contribution in [3.05, 3.63) is 58.3 Å². The van der Waals surface area contributed by atoms with Gasteiger partial charge in [0.2, 0.25) is 5.91 Å². The maximum absolute atomic E-state index is 11.9. The fraction of sp³-hybridized carbons (Fsp3) is 0.238. The third-order valence-corrected chi connectivity index (χ3v) is 5.29. The van der Waals surface area contributed by atoms with Gasteiger partial charge in [0.05, 0.1) is 12.6 Å². The van der Waals surface area contributed by atoms with E-state index in [0.29, 0.717) is 40.2 Å². The van der Waals surface area contributed by atoms with Crippen molar-refractivity contribution in [3.63, 3.8) is 0 Å². The van der Waals surface area contributed by atoms with Gasteiger partial charge < -0.3 is 10.6 Å². The molecular weight excluding hydrogens is 404 g/mol. The summed E-state index contributed by atoms with van der Waals surface area (Å²) in [6.45, 7) is 0.588. The Morgan fingerprint density at radius 2 is 2.03 bits per heavy atom. The van der Waals surface area contributed by atoms with Crippen molar-refractivity contribution in [1.29, 1.82) is 0 Å². The molecule has 2 amide bonds. The first-order valence-corrected chi connectivity index (χ1v) is 10.1. The van der Waals surface area contributed by atoms with Gasteiger partial charge in [0.15, 0.2) is 5.65 Å². The largest absolute Gasteiger partial charge is 0.367 e. The lowest BCUT2D eigenvalue weighted by atomic mass is 10.1. The Morgan fingerprint density at radius 3 is 2.73 bits per heavy atom. The fourth-order valence-corrected chi connectivity index (χ4v) is 3.44. The van der Waals surface area contributed by atoms with Gasteiger partial charge in [-0.25, -0.2) is 4.98 Å². The number of carbonyl (C=O) groups is 2. The molecule has 0 radical (unpaired) electrons. The number of rotatable bonds is 6. The summed E-state index contributed by atoms with van der Waals surface area (Å²) in [7, 11) is 0. The Bertz CT molecular complexity index is 1180. The molecule has 152 valence electrons. The second kappa shape index (κ2) is 7.46. The van der Waals surface area contributed by atoms with E-state index in [-0.39, 0.29) is 18.2 Å². The molecule has 3 aromatic rings. The van der Waals surface area contributed by atoms with Crippen molar-refractivity contribution in [1.82, 2.24) is 19.9 Å². The normalized spacial score (nSPS) is 17.6. The van der Waals surface area contributed by atoms with Crippen LogP contribution in [0.1, 0.15) is 30.4 Å². The average molecular weight is 423 g/mol. The molecule has 2 aliphatic rings. The van der Waals surface area contributed by atoms with E-state index in [4.69, 9.17) is 16.6 Å². The van der Waals surface area contributed by atoms with Crippen molar-refractivity contribution in [2.45, 2.75) is 31.8 Å². The molecule has 0 bridgehead atoms. The number of hydrogen-bond donors (Lipinski definition) is 3. The van der Waals surface area contributed by atoms with Crippen LogP contribution in [0.3, 0.4) is 0 Å². The van der Waals surface area contributed by atoms with E-state index in [1.807, 2.05) is 30.3 Å². The number of hydrogen-bond acceptors (Lipinski definition) is 6. The standard InChI is InChI=1S/C21H19ClN6O2/c22-15-3-1-12(2-4-15)10-23-17-9-18(25-16-5-6-16)28-20(26-17)14(11-24-28)7-13-8-19(29)27-21(13)30/h1-4,7,9,11,16,25H,5-6,8,10H2,(H,23,26)(H,27,29,30). The Kier molecular flexibility index (Phi) is 4.63. The number of halogens is 1. The lowest BCUT2D eigenvalue weighted by molar-refractivity contribution is -0.124. The third kappa shape index (κ3) is 3.86. The predicted molar refractivity (Wildman–Crippen MR) is 114 cm³/mol. The molecule has 30 heavy (non-hydrogen) atoms. The zero-order valence-electron chi connectivity index (χ0n) is 16.0. The topological polar surface area (TPSA) is 100 Å². The predicted octanol–water partition coefficient (Wildman–Crippen LogP) is 3.00. The highest BCUT2D eigenvalue weighted by molar-refractivity contribution is 6.30. The molecule has 0 unspecified atom stereocenters. The van der Waals surface area contributed by atoms with E-state index in [2.05, 4.69) is 21.0 Å². The first-order chi connectivity index (χ1) is 14.5. The first-order valence-electron chi connectivity index (χ1n) is 9.73. The Labute approximate surface area is 177 Å². The number of anilines is 2. The summed E-state index contributed by atoms with van der Waals surface area (Å²) in [6.07, 6.45) is 5.65. The molecule has 2 aromatic heterocycles. The Hall–Kier alpha value is -3.39. The second-order valence-corrected chi connectivity index (χ2v) is 7.92. The van der Waals surface area contributed by atoms with Gasteiger partial charge in [0.1, 0.15) is 11.6 Å². The van der Waals surface area contributed by atoms with Gasteiger partial charge in [-0.2, -0.15) is 9.61 Å². The van der Waals surface area contributed by atoms with Crippen LogP contribution in [0.2, 0.25) is 5.02 Å². The summed E-state index contributed by atoms with van der Waals surface area (Å²) >= 11 is 5.96. The van der Waals surface area contributed by atoms with Gasteiger partial charge >= 0.3 is 0 Å². The Morgan fingerprint density at radius 1 is 1.23 bits per heavy atom. The van der Waals surface area contributed by atoms with Gasteiger partial charge in [-0.05, 0) is 36.6 Å². The molecule has 1 aliphatic heterocycles. The molecule has 2 fully saturated rings. The minimum absolute atomic E-state index is 0.0673. The lowest BCUT2D eigenvalue weighted by Gasteiger charge is -2.12. The molecule has 0 spiro atoms. The molecular formula is C21H19ClN6O2. The molecule has 3 heterocycles. The quantitative estimate of drug-likeness (QED) is 0.417. The van der Waals surface area contributed by atoms with Crippen LogP contribution in [0.15, 0.2) is 42.1 Å². The zero-order valence-corrected chi connectivity index (χ0v) is 16.7. The van der Waals surface area contributed by atoms with Crippen LogP contribution in [0.4, 0.5) is 11.6 Å². The van der Waals surface area contributed by atoms with Crippen molar-refractivity contribution < 1.29 is 9.59 Å². The Balaban J connectivity index is 1.49. The van der Waals surface area contributed by atoms with Gasteiger partial charge in [-0.1, -0.05) is 23.7 Å². The van der Waals surface area contributed by atoms with Crippen LogP contribution < -0.4 is 16.0 Å². The van der Waals surface area contributed by atoms with E-state index in [9.17, 15) is 9.59 Å². The van der Waals surface area contributed by atoms with Crippen molar-refractivity contribution in [2.24, 2.45) is 0 Å². The molecule has 1 aromatic carbocycles. The molecule has 1 saturated carbocycles. The van der Waals surface area contributed by atoms with E-state index in [1.165, 1.54) is 0 Å². The summed E-state index contributed by atoms with van der Waals surface area (Å²) in [4.78, 5) is 28.1. The van der Waals surface area contributed by atoms with Crippen LogP contribution in [0.25, 0.3) is 11.7 Å². The summed E-state index contributed by atoms with van der Waals surface area (Å²) in [5.74, 6) is 0.857. The van der Waals surface area contributed by atoms with Gasteiger partial charge in [0, 0.05) is 34.8 Å². The third-order valence-electron chi connectivity index (χ3n) is 5.04. The summed E-state index contributed by atoms with van der Waals surface area (Å²) in [5.41, 5.74) is 2.78. The van der Waals surface area contributed by atoms with Crippen molar-refractivity contribution in [2.75, 3.05) is 10.6 Å². The average Bonchev–Trinajstić information content (AvgIpc) is 3.36. The molecule has 3 N–H and O–H groups in total. The van der Waals surface area contributed by atoms with E-state index in [1.54, 1.807) is 16.8 Å². The van der Waals surface area contributed by atoms with E-state index in [0.717, 1.165) is 24.2 Å². The van der Waals surface area contributed by atoms with E-state index >= 15 is 0 Å². The summed E-state index contributed by atoms with van der Waals surface area (Å²) < 4.78 is 1.73. The molecule has 9 heteroatoms. The number of aromatic nitrogens is 3. The van der Waals surface area contributed by atoms with Crippen LogP contribution in [0, 0.1) is 0 Å². The number of fused-ring (bicyclic) bond motifs is 1. The van der Waals surface area contributed by atoms with E-state index < -0.39 is 0 Å². The zero-order chi connectivity index (χ0) is 20.7. The van der Waals surface area contributed by atoms with Crippen LogP contribution in [-0.4, -0.2) is 32.5 Å². The molecule has 8 nitrogen and oxygen atoms in total. The maximum atomic E-state index is 11.9. The number of imide groups is 1. The number of benzene rings is 1. The first kappa shape index (κ1) is 18.6. The maximum Gasteiger partial charge on any atom is 0.254 e. The monoisotopic (exact) mass is 422 g/mol. The van der Waals surface area contributed by atoms with Gasteiger partial charge in [-0.3, -0.25) is 14.9 Å². The van der Waals surface area contributed by atoms with Crippen LogP contribution in [0.5, 0.6) is 0 Å². The second-order valence-electron chi connectivity index (χ2n) is 7.48. The molecule has 1 saturated heterocycles. The minimum atomic E-state index is -0.368. The van der Waals surface area contributed by atoms with Gasteiger partial charge in [0.25, 0.3) is 5.91 Å². The minimum Gasteiger partial charge on any atom is -0.367 e. The number of carbonyl (C=O) groups excluding carboxylic acids is 2. The highest BCUT2D eigenvalue weighted by atomic mass is 35.5.